The Morgan fingerprint density at radius 3 is 2.37 bits per heavy atom. The molecule has 1 heterocycles. The number of benzene rings is 1. The number of anilines is 1. The number of hydrogen-bond donors (Lipinski definition) is 3. The molecule has 0 spiro atoms. The molecule has 2 amide bonds. The van der Waals surface area contributed by atoms with Gasteiger partial charge in [-0.25, -0.2) is 0 Å². The Morgan fingerprint density at radius 2 is 1.79 bits per heavy atom. The highest BCUT2D eigenvalue weighted by Crippen LogP contribution is 2.09. The number of carbonyl (C=O) groups is 2. The van der Waals surface area contributed by atoms with Crippen LogP contribution in [-0.4, -0.2) is 38.5 Å². The maximum atomic E-state index is 11.8. The number of hydrogen-bond acceptors (Lipinski definition) is 2. The Morgan fingerprint density at radius 1 is 1.16 bits per heavy atom. The summed E-state index contributed by atoms with van der Waals surface area (Å²) in [7, 11) is 1.59. The van der Waals surface area contributed by atoms with Crippen molar-refractivity contribution >= 4 is 17.5 Å². The van der Waals surface area contributed by atoms with Gasteiger partial charge in [-0.1, -0.05) is 0 Å². The van der Waals surface area contributed by atoms with Crippen molar-refractivity contribution in [2.24, 2.45) is 0 Å². The Hall–Kier alpha value is -1.88. The minimum Gasteiger partial charge on any atom is -0.355 e. The Kier molecular flexibility index (Phi) is 4.52. The van der Waals surface area contributed by atoms with Gasteiger partial charge in [0, 0.05) is 31.1 Å². The highest BCUT2D eigenvalue weighted by molar-refractivity contribution is 5.95. The number of rotatable bonds is 4. The van der Waals surface area contributed by atoms with Crippen LogP contribution in [0.4, 0.5) is 5.69 Å². The molecule has 1 aliphatic rings. The first-order chi connectivity index (χ1) is 9.19. The summed E-state index contributed by atoms with van der Waals surface area (Å²) in [6, 6.07) is 6.91. The molecular weight excluding hydrogens is 242 g/mol. The fraction of sp³-hybridized carbons (Fsp3) is 0.429. The molecule has 0 saturated carbocycles. The van der Waals surface area contributed by atoms with Crippen molar-refractivity contribution in [3.63, 3.8) is 0 Å². The predicted molar refractivity (Wildman–Crippen MR) is 73.3 cm³/mol. The fourth-order valence-corrected chi connectivity index (χ4v) is 2.33. The second-order valence-corrected chi connectivity index (χ2v) is 4.84. The Balaban J connectivity index is 1.88. The lowest BCUT2D eigenvalue weighted by Crippen LogP contribution is -3.11. The predicted octanol–water partition coefficient (Wildman–Crippen LogP) is -0.337. The van der Waals surface area contributed by atoms with Crippen molar-refractivity contribution in [1.82, 2.24) is 5.32 Å². The van der Waals surface area contributed by atoms with Crippen LogP contribution in [-0.2, 0) is 4.79 Å². The molecule has 0 aliphatic carbocycles. The molecule has 0 atom stereocenters. The van der Waals surface area contributed by atoms with Gasteiger partial charge in [0.25, 0.3) is 11.8 Å². The van der Waals surface area contributed by atoms with E-state index < -0.39 is 0 Å². The molecule has 0 radical (unpaired) electrons. The summed E-state index contributed by atoms with van der Waals surface area (Å²) in [4.78, 5) is 24.6. The maximum Gasteiger partial charge on any atom is 0.279 e. The SMILES string of the molecule is CNC(=O)c1ccc(NC(=O)C[NH+]2CCCC2)cc1. The molecular formula is C14H20N3O2+. The molecule has 1 aromatic carbocycles. The van der Waals surface area contributed by atoms with E-state index in [9.17, 15) is 9.59 Å². The average Bonchev–Trinajstić information content (AvgIpc) is 2.91. The number of carbonyl (C=O) groups excluding carboxylic acids is 2. The third kappa shape index (κ3) is 3.79. The van der Waals surface area contributed by atoms with Gasteiger partial charge in [0.15, 0.2) is 6.54 Å². The molecule has 0 aromatic heterocycles. The molecule has 3 N–H and O–H groups in total. The number of nitrogens with one attached hydrogen (secondary N) is 3. The number of likely N-dealkylation sites (tertiary alicyclic amines) is 1. The van der Waals surface area contributed by atoms with Gasteiger partial charge in [-0.05, 0) is 24.3 Å². The summed E-state index contributed by atoms with van der Waals surface area (Å²) in [5, 5.41) is 5.42. The molecule has 5 heteroatoms. The van der Waals surface area contributed by atoms with Crippen LogP contribution >= 0.6 is 0 Å². The molecule has 19 heavy (non-hydrogen) atoms. The van der Waals surface area contributed by atoms with Crippen LogP contribution < -0.4 is 15.5 Å². The molecule has 1 fully saturated rings. The van der Waals surface area contributed by atoms with E-state index in [4.69, 9.17) is 0 Å². The quantitative estimate of drug-likeness (QED) is 0.695. The van der Waals surface area contributed by atoms with Crippen molar-refractivity contribution < 1.29 is 14.5 Å². The zero-order valence-corrected chi connectivity index (χ0v) is 11.2. The molecule has 1 aromatic rings. The van der Waals surface area contributed by atoms with Crippen molar-refractivity contribution in [3.05, 3.63) is 29.8 Å². The molecule has 102 valence electrons. The summed E-state index contributed by atoms with van der Waals surface area (Å²) in [6.45, 7) is 2.70. The van der Waals surface area contributed by atoms with E-state index >= 15 is 0 Å². The van der Waals surface area contributed by atoms with E-state index in [1.165, 1.54) is 17.7 Å². The lowest BCUT2D eigenvalue weighted by molar-refractivity contribution is -0.878. The van der Waals surface area contributed by atoms with Gasteiger partial charge in [-0.2, -0.15) is 0 Å². The molecule has 1 aliphatic heterocycles. The van der Waals surface area contributed by atoms with Gasteiger partial charge in [0.05, 0.1) is 13.1 Å². The largest absolute Gasteiger partial charge is 0.355 e. The Bertz CT molecular complexity index is 450. The lowest BCUT2D eigenvalue weighted by Gasteiger charge is -2.12. The summed E-state index contributed by atoms with van der Waals surface area (Å²) in [5.41, 5.74) is 1.32. The van der Waals surface area contributed by atoms with Gasteiger partial charge in [0.2, 0.25) is 0 Å². The van der Waals surface area contributed by atoms with Crippen LogP contribution in [0.5, 0.6) is 0 Å². The third-order valence-corrected chi connectivity index (χ3v) is 3.38. The molecule has 0 unspecified atom stereocenters. The summed E-state index contributed by atoms with van der Waals surface area (Å²) < 4.78 is 0. The minimum atomic E-state index is -0.126. The van der Waals surface area contributed by atoms with Crippen LogP contribution in [0.25, 0.3) is 0 Å². The monoisotopic (exact) mass is 262 g/mol. The Labute approximate surface area is 113 Å². The van der Waals surface area contributed by atoms with E-state index in [1.54, 1.807) is 31.3 Å². The standard InChI is InChI=1S/C14H19N3O2/c1-15-14(19)11-4-6-12(7-5-11)16-13(18)10-17-8-2-3-9-17/h4-7H,2-3,8-10H2,1H3,(H,15,19)(H,16,18)/p+1. The summed E-state index contributed by atoms with van der Waals surface area (Å²) in [5.74, 6) is -0.0935. The molecule has 5 nitrogen and oxygen atoms in total. The van der Waals surface area contributed by atoms with E-state index in [2.05, 4.69) is 10.6 Å². The van der Waals surface area contributed by atoms with E-state index in [1.807, 2.05) is 0 Å². The summed E-state index contributed by atoms with van der Waals surface area (Å²) >= 11 is 0. The minimum absolute atomic E-state index is 0.0320. The lowest BCUT2D eigenvalue weighted by atomic mass is 10.2. The molecule has 0 bridgehead atoms. The van der Waals surface area contributed by atoms with Gasteiger partial charge >= 0.3 is 0 Å². The molecule has 2 rings (SSSR count). The first kappa shape index (κ1) is 13.5. The van der Waals surface area contributed by atoms with Gasteiger partial charge in [-0.3, -0.25) is 9.59 Å². The highest BCUT2D eigenvalue weighted by Gasteiger charge is 2.18. The van der Waals surface area contributed by atoms with Crippen LogP contribution in [0.3, 0.4) is 0 Å². The third-order valence-electron chi connectivity index (χ3n) is 3.38. The first-order valence-electron chi connectivity index (χ1n) is 6.64. The highest BCUT2D eigenvalue weighted by atomic mass is 16.2. The first-order valence-corrected chi connectivity index (χ1v) is 6.64. The molecule has 1 saturated heterocycles. The van der Waals surface area contributed by atoms with Crippen LogP contribution in [0.2, 0.25) is 0 Å². The second kappa shape index (κ2) is 6.33. The normalized spacial score (nSPS) is 15.2. The topological polar surface area (TPSA) is 62.6 Å². The van der Waals surface area contributed by atoms with E-state index in [-0.39, 0.29) is 11.8 Å². The van der Waals surface area contributed by atoms with Crippen molar-refractivity contribution in [2.45, 2.75) is 12.8 Å². The van der Waals surface area contributed by atoms with Crippen molar-refractivity contribution in [1.29, 1.82) is 0 Å². The second-order valence-electron chi connectivity index (χ2n) is 4.84. The zero-order chi connectivity index (χ0) is 13.7. The van der Waals surface area contributed by atoms with Gasteiger partial charge in [-0.15, -0.1) is 0 Å². The van der Waals surface area contributed by atoms with E-state index in [0.717, 1.165) is 18.8 Å². The van der Waals surface area contributed by atoms with Crippen molar-refractivity contribution in [3.8, 4) is 0 Å². The van der Waals surface area contributed by atoms with Crippen LogP contribution in [0.15, 0.2) is 24.3 Å². The number of amides is 2. The summed E-state index contributed by atoms with van der Waals surface area (Å²) in [6.07, 6.45) is 2.42. The van der Waals surface area contributed by atoms with Gasteiger partial charge in [0.1, 0.15) is 0 Å². The average molecular weight is 262 g/mol. The maximum absolute atomic E-state index is 11.8. The smallest absolute Gasteiger partial charge is 0.279 e. The van der Waals surface area contributed by atoms with Crippen LogP contribution in [0, 0.1) is 0 Å². The fourth-order valence-electron chi connectivity index (χ4n) is 2.33. The zero-order valence-electron chi connectivity index (χ0n) is 11.2. The number of quaternary nitrogens is 1. The van der Waals surface area contributed by atoms with Crippen LogP contribution in [0.1, 0.15) is 23.2 Å². The van der Waals surface area contributed by atoms with E-state index in [0.29, 0.717) is 12.1 Å². The van der Waals surface area contributed by atoms with Crippen molar-refractivity contribution in [2.75, 3.05) is 32.0 Å². The van der Waals surface area contributed by atoms with Gasteiger partial charge < -0.3 is 15.5 Å².